The molecule has 1 saturated carbocycles. The SMILES string of the molecule is Cc1cc2[nH]c(=O)c3cnn(C4CCCC4)c3c2cc1C(=O)N1CC(N2CCN(C)CC2)C1. The fourth-order valence-electron chi connectivity index (χ4n) is 5.86. The van der Waals surface area contributed by atoms with Crippen LogP contribution in [0.15, 0.2) is 23.1 Å². The maximum atomic E-state index is 13.5. The lowest BCUT2D eigenvalue weighted by molar-refractivity contribution is 0.0110. The Bertz CT molecular complexity index is 1270. The highest BCUT2D eigenvalue weighted by atomic mass is 16.2. The summed E-state index contributed by atoms with van der Waals surface area (Å²) < 4.78 is 2.04. The van der Waals surface area contributed by atoms with E-state index < -0.39 is 0 Å². The number of likely N-dealkylation sites (tertiary alicyclic amines) is 1. The molecule has 2 aromatic heterocycles. The van der Waals surface area contributed by atoms with Gasteiger partial charge in [-0.3, -0.25) is 19.2 Å². The number of H-pyrrole nitrogens is 1. The van der Waals surface area contributed by atoms with Crippen LogP contribution in [0.25, 0.3) is 21.8 Å². The number of rotatable bonds is 3. The molecular weight excluding hydrogens is 416 g/mol. The number of hydrogen-bond donors (Lipinski definition) is 1. The number of carbonyl (C=O) groups excluding carboxylic acids is 1. The molecule has 8 nitrogen and oxygen atoms in total. The number of fused-ring (bicyclic) bond motifs is 3. The van der Waals surface area contributed by atoms with Gasteiger partial charge in [0.2, 0.25) is 0 Å². The van der Waals surface area contributed by atoms with Gasteiger partial charge in [0.25, 0.3) is 11.5 Å². The quantitative estimate of drug-likeness (QED) is 0.666. The van der Waals surface area contributed by atoms with Crippen molar-refractivity contribution in [2.24, 2.45) is 0 Å². The third-order valence-electron chi connectivity index (χ3n) is 8.01. The molecule has 3 fully saturated rings. The van der Waals surface area contributed by atoms with Gasteiger partial charge in [0, 0.05) is 56.3 Å². The minimum absolute atomic E-state index is 0.0889. The average Bonchev–Trinajstić information content (AvgIpc) is 3.43. The van der Waals surface area contributed by atoms with E-state index in [-0.39, 0.29) is 11.5 Å². The summed E-state index contributed by atoms with van der Waals surface area (Å²) in [7, 11) is 2.17. The molecule has 2 aliphatic heterocycles. The Morgan fingerprint density at radius 3 is 2.48 bits per heavy atom. The zero-order chi connectivity index (χ0) is 22.7. The molecule has 0 unspecified atom stereocenters. The molecule has 33 heavy (non-hydrogen) atoms. The Labute approximate surface area is 193 Å². The van der Waals surface area contributed by atoms with Crippen LogP contribution in [0.2, 0.25) is 0 Å². The number of benzene rings is 1. The Balaban J connectivity index is 1.33. The summed E-state index contributed by atoms with van der Waals surface area (Å²) in [4.78, 5) is 36.0. The largest absolute Gasteiger partial charge is 0.335 e. The first-order valence-electron chi connectivity index (χ1n) is 12.3. The second kappa shape index (κ2) is 7.95. The van der Waals surface area contributed by atoms with Crippen LogP contribution in [-0.2, 0) is 0 Å². The Morgan fingerprint density at radius 2 is 1.76 bits per heavy atom. The second-order valence-electron chi connectivity index (χ2n) is 10.2. The van der Waals surface area contributed by atoms with Crippen LogP contribution >= 0.6 is 0 Å². The maximum Gasteiger partial charge on any atom is 0.259 e. The van der Waals surface area contributed by atoms with E-state index in [1.807, 2.05) is 28.6 Å². The molecule has 8 heteroatoms. The number of aryl methyl sites for hydroxylation is 1. The van der Waals surface area contributed by atoms with Crippen molar-refractivity contribution in [3.8, 4) is 0 Å². The fourth-order valence-corrected chi connectivity index (χ4v) is 5.86. The van der Waals surface area contributed by atoms with Crippen LogP contribution < -0.4 is 5.56 Å². The molecule has 1 aromatic carbocycles. The predicted molar refractivity (Wildman–Crippen MR) is 129 cm³/mol. The first-order valence-corrected chi connectivity index (χ1v) is 12.3. The maximum absolute atomic E-state index is 13.5. The monoisotopic (exact) mass is 448 g/mol. The molecule has 174 valence electrons. The summed E-state index contributed by atoms with van der Waals surface area (Å²) in [5.74, 6) is 0.0889. The third kappa shape index (κ3) is 3.47. The predicted octanol–water partition coefficient (Wildman–Crippen LogP) is 2.37. The Hall–Kier alpha value is -2.71. The fraction of sp³-hybridized carbons (Fsp3) is 0.560. The molecule has 4 heterocycles. The molecule has 1 aliphatic carbocycles. The first-order chi connectivity index (χ1) is 16.0. The Kier molecular flexibility index (Phi) is 5.03. The van der Waals surface area contributed by atoms with Gasteiger partial charge in [-0.15, -0.1) is 0 Å². The van der Waals surface area contributed by atoms with Gasteiger partial charge >= 0.3 is 0 Å². The molecule has 1 amide bonds. The third-order valence-corrected chi connectivity index (χ3v) is 8.01. The van der Waals surface area contributed by atoms with Crippen LogP contribution in [0, 0.1) is 6.92 Å². The summed E-state index contributed by atoms with van der Waals surface area (Å²) in [5, 5.41) is 6.13. The molecular formula is C25H32N6O2. The van der Waals surface area contributed by atoms with Crippen LogP contribution in [0.3, 0.4) is 0 Å². The van der Waals surface area contributed by atoms with E-state index in [2.05, 4.69) is 26.9 Å². The van der Waals surface area contributed by atoms with Gasteiger partial charge in [-0.25, -0.2) is 0 Å². The minimum atomic E-state index is -0.113. The summed E-state index contributed by atoms with van der Waals surface area (Å²) in [5.41, 5.74) is 3.16. The van der Waals surface area contributed by atoms with Crippen molar-refractivity contribution in [2.75, 3.05) is 46.3 Å². The van der Waals surface area contributed by atoms with Crippen LogP contribution in [0.1, 0.15) is 47.6 Å². The van der Waals surface area contributed by atoms with Crippen molar-refractivity contribution in [3.63, 3.8) is 0 Å². The van der Waals surface area contributed by atoms with E-state index in [0.717, 1.165) is 79.7 Å². The number of nitrogens with one attached hydrogen (secondary N) is 1. The van der Waals surface area contributed by atoms with E-state index in [4.69, 9.17) is 0 Å². The summed E-state index contributed by atoms with van der Waals surface area (Å²) in [6.45, 7) is 7.89. The highest BCUT2D eigenvalue weighted by Crippen LogP contribution is 2.34. The average molecular weight is 449 g/mol. The van der Waals surface area contributed by atoms with Crippen LogP contribution in [0.5, 0.6) is 0 Å². The summed E-state index contributed by atoms with van der Waals surface area (Å²) >= 11 is 0. The van der Waals surface area contributed by atoms with Crippen molar-refractivity contribution in [3.05, 3.63) is 39.8 Å². The van der Waals surface area contributed by atoms with Gasteiger partial charge in [-0.05, 0) is 44.5 Å². The van der Waals surface area contributed by atoms with Gasteiger partial charge in [-0.1, -0.05) is 12.8 Å². The molecule has 0 radical (unpaired) electrons. The number of piperazine rings is 1. The van der Waals surface area contributed by atoms with Crippen molar-refractivity contribution >= 4 is 27.7 Å². The first kappa shape index (κ1) is 20.9. The zero-order valence-electron chi connectivity index (χ0n) is 19.5. The second-order valence-corrected chi connectivity index (χ2v) is 10.2. The molecule has 0 atom stereocenters. The van der Waals surface area contributed by atoms with Gasteiger partial charge < -0.3 is 14.8 Å². The molecule has 6 rings (SSSR count). The topological polar surface area (TPSA) is 77.5 Å². The van der Waals surface area contributed by atoms with E-state index in [0.29, 0.717) is 17.5 Å². The highest BCUT2D eigenvalue weighted by Gasteiger charge is 2.36. The number of amides is 1. The zero-order valence-corrected chi connectivity index (χ0v) is 19.5. The van der Waals surface area contributed by atoms with Crippen molar-refractivity contribution in [1.82, 2.24) is 29.5 Å². The van der Waals surface area contributed by atoms with E-state index in [1.165, 1.54) is 12.8 Å². The number of hydrogen-bond acceptors (Lipinski definition) is 5. The number of nitrogens with zero attached hydrogens (tertiary/aromatic N) is 5. The van der Waals surface area contributed by atoms with Gasteiger partial charge in [0.1, 0.15) is 0 Å². The number of pyridine rings is 1. The standard InChI is InChI=1S/C25H32N6O2/c1-16-11-22-20(23-21(24(32)27-22)13-26-31(23)17-5-3-4-6-17)12-19(16)25(33)30-14-18(15-30)29-9-7-28(2)8-10-29/h11-13,17-18H,3-10,14-15H2,1-2H3,(H,27,32). The number of carbonyl (C=O) groups is 1. The lowest BCUT2D eigenvalue weighted by atomic mass is 9.99. The molecule has 0 spiro atoms. The van der Waals surface area contributed by atoms with Crippen molar-refractivity contribution in [2.45, 2.75) is 44.7 Å². The summed E-state index contributed by atoms with van der Waals surface area (Å²) in [6, 6.07) is 4.73. The number of aromatic nitrogens is 3. The molecule has 3 aromatic rings. The lowest BCUT2D eigenvalue weighted by Gasteiger charge is -2.47. The molecule has 3 aliphatic rings. The molecule has 2 saturated heterocycles. The minimum Gasteiger partial charge on any atom is -0.335 e. The molecule has 1 N–H and O–H groups in total. The lowest BCUT2D eigenvalue weighted by Crippen LogP contribution is -2.64. The number of likely N-dealkylation sites (N-methyl/N-ethyl adjacent to an activating group) is 1. The van der Waals surface area contributed by atoms with E-state index >= 15 is 0 Å². The van der Waals surface area contributed by atoms with Gasteiger partial charge in [0.15, 0.2) is 0 Å². The number of aromatic amines is 1. The van der Waals surface area contributed by atoms with Gasteiger partial charge in [-0.2, -0.15) is 5.10 Å². The van der Waals surface area contributed by atoms with Crippen molar-refractivity contribution in [1.29, 1.82) is 0 Å². The smallest absolute Gasteiger partial charge is 0.259 e. The molecule has 0 bridgehead atoms. The Morgan fingerprint density at radius 1 is 1.03 bits per heavy atom. The summed E-state index contributed by atoms with van der Waals surface area (Å²) in [6.07, 6.45) is 6.25. The van der Waals surface area contributed by atoms with Crippen molar-refractivity contribution < 1.29 is 4.79 Å². The van der Waals surface area contributed by atoms with E-state index in [1.54, 1.807) is 6.20 Å². The van der Waals surface area contributed by atoms with Crippen LogP contribution in [-0.4, -0.2) is 87.7 Å². The van der Waals surface area contributed by atoms with Crippen LogP contribution in [0.4, 0.5) is 0 Å². The normalized spacial score (nSPS) is 21.3. The van der Waals surface area contributed by atoms with E-state index in [9.17, 15) is 9.59 Å². The highest BCUT2D eigenvalue weighted by molar-refractivity contribution is 6.07. The van der Waals surface area contributed by atoms with Gasteiger partial charge in [0.05, 0.1) is 28.7 Å².